The molecule has 1 aromatic rings. The summed E-state index contributed by atoms with van der Waals surface area (Å²) in [6, 6.07) is 1.20. The number of aromatic nitrogens is 1. The van der Waals surface area contributed by atoms with E-state index in [-0.39, 0.29) is 26.2 Å². The van der Waals surface area contributed by atoms with Crippen molar-refractivity contribution in [3.63, 3.8) is 0 Å². The summed E-state index contributed by atoms with van der Waals surface area (Å²) < 4.78 is 26.5. The van der Waals surface area contributed by atoms with Crippen molar-refractivity contribution in [3.8, 4) is 0 Å². The van der Waals surface area contributed by atoms with Gasteiger partial charge in [-0.05, 0) is 12.5 Å². The third kappa shape index (κ3) is 2.95. The van der Waals surface area contributed by atoms with Crippen molar-refractivity contribution in [2.24, 2.45) is 0 Å². The minimum atomic E-state index is -2.65. The van der Waals surface area contributed by atoms with Gasteiger partial charge in [0.05, 0.1) is 18.0 Å². The van der Waals surface area contributed by atoms with Gasteiger partial charge in [0.15, 0.2) is 0 Å². The van der Waals surface area contributed by atoms with E-state index in [0.29, 0.717) is 5.56 Å². The molecular formula is C11H13F2N3O3. The number of aryl methyl sites for hydroxylation is 1. The second-order valence-corrected chi connectivity index (χ2v) is 4.72. The van der Waals surface area contributed by atoms with E-state index in [9.17, 15) is 23.7 Å². The Morgan fingerprint density at radius 2 is 2.05 bits per heavy atom. The van der Waals surface area contributed by atoms with E-state index in [1.165, 1.54) is 21.7 Å². The maximum absolute atomic E-state index is 12.6. The molecule has 1 aromatic heterocycles. The van der Waals surface area contributed by atoms with Crippen molar-refractivity contribution in [3.05, 3.63) is 38.3 Å². The van der Waals surface area contributed by atoms with E-state index in [0.717, 1.165) is 0 Å². The summed E-state index contributed by atoms with van der Waals surface area (Å²) in [6.07, 6.45) is 1.49. The Labute approximate surface area is 107 Å². The van der Waals surface area contributed by atoms with E-state index < -0.39 is 22.1 Å². The average molecular weight is 273 g/mol. The van der Waals surface area contributed by atoms with Gasteiger partial charge in [0.25, 0.3) is 5.92 Å². The van der Waals surface area contributed by atoms with E-state index in [2.05, 4.69) is 0 Å². The van der Waals surface area contributed by atoms with Gasteiger partial charge in [-0.3, -0.25) is 19.8 Å². The molecule has 0 N–H and O–H groups in total. The Morgan fingerprint density at radius 3 is 2.58 bits per heavy atom. The lowest BCUT2D eigenvalue weighted by Gasteiger charge is -2.38. The molecule has 0 unspecified atom stereocenters. The zero-order chi connectivity index (χ0) is 14.2. The molecule has 104 valence electrons. The SMILES string of the molecule is Cc1cc([N+](=O)[O-])c(=O)n(CCN2CC(F)(F)C2)c1. The van der Waals surface area contributed by atoms with Crippen LogP contribution >= 0.6 is 0 Å². The lowest BCUT2D eigenvalue weighted by molar-refractivity contribution is -0.386. The summed E-state index contributed by atoms with van der Waals surface area (Å²) in [5.41, 5.74) is -0.614. The fourth-order valence-corrected chi connectivity index (χ4v) is 2.08. The highest BCUT2D eigenvalue weighted by atomic mass is 19.3. The van der Waals surface area contributed by atoms with Gasteiger partial charge < -0.3 is 4.57 Å². The molecule has 19 heavy (non-hydrogen) atoms. The summed E-state index contributed by atoms with van der Waals surface area (Å²) in [5.74, 6) is -2.65. The zero-order valence-electron chi connectivity index (χ0n) is 10.3. The van der Waals surface area contributed by atoms with Crippen LogP contribution in [0.2, 0.25) is 0 Å². The van der Waals surface area contributed by atoms with Crippen LogP contribution in [-0.2, 0) is 6.54 Å². The second-order valence-electron chi connectivity index (χ2n) is 4.72. The van der Waals surface area contributed by atoms with Crippen LogP contribution in [0.1, 0.15) is 5.56 Å². The minimum absolute atomic E-state index is 0.164. The molecule has 1 aliphatic heterocycles. The number of alkyl halides is 2. The standard InChI is InChI=1S/C11H13F2N3O3/c1-8-4-9(16(18)19)10(17)15(5-8)3-2-14-6-11(12,13)7-14/h4-5H,2-3,6-7H2,1H3. The highest BCUT2D eigenvalue weighted by Crippen LogP contribution is 2.25. The highest BCUT2D eigenvalue weighted by Gasteiger charge is 2.43. The predicted molar refractivity (Wildman–Crippen MR) is 63.5 cm³/mol. The Balaban J connectivity index is 2.09. The number of hydrogen-bond donors (Lipinski definition) is 0. The first-order chi connectivity index (χ1) is 8.78. The normalized spacial score (nSPS) is 18.1. The lowest BCUT2D eigenvalue weighted by atomic mass is 10.1. The minimum Gasteiger partial charge on any atom is -0.308 e. The zero-order valence-corrected chi connectivity index (χ0v) is 10.3. The summed E-state index contributed by atoms with van der Waals surface area (Å²) in [6.45, 7) is 1.43. The fourth-order valence-electron chi connectivity index (χ4n) is 2.08. The molecule has 0 spiro atoms. The van der Waals surface area contributed by atoms with E-state index in [1.54, 1.807) is 6.92 Å². The van der Waals surface area contributed by atoms with Crippen molar-refractivity contribution in [1.29, 1.82) is 0 Å². The smallest absolute Gasteiger partial charge is 0.308 e. The highest BCUT2D eigenvalue weighted by molar-refractivity contribution is 5.30. The van der Waals surface area contributed by atoms with Gasteiger partial charge in [-0.15, -0.1) is 0 Å². The van der Waals surface area contributed by atoms with Crippen LogP contribution in [0.4, 0.5) is 14.5 Å². The van der Waals surface area contributed by atoms with Crippen LogP contribution in [0.25, 0.3) is 0 Å². The first kappa shape index (κ1) is 13.6. The predicted octanol–water partition coefficient (Wildman–Crippen LogP) is 1.02. The van der Waals surface area contributed by atoms with Crippen molar-refractivity contribution in [2.75, 3.05) is 19.6 Å². The van der Waals surface area contributed by atoms with Crippen LogP contribution in [-0.4, -0.2) is 39.9 Å². The largest absolute Gasteiger partial charge is 0.334 e. The van der Waals surface area contributed by atoms with Crippen molar-refractivity contribution >= 4 is 5.69 Å². The molecule has 0 amide bonds. The number of likely N-dealkylation sites (tertiary alicyclic amines) is 1. The number of pyridine rings is 1. The molecule has 6 nitrogen and oxygen atoms in total. The van der Waals surface area contributed by atoms with Gasteiger partial charge in [0.1, 0.15) is 0 Å². The van der Waals surface area contributed by atoms with Gasteiger partial charge in [-0.25, -0.2) is 8.78 Å². The number of nitro groups is 1. The van der Waals surface area contributed by atoms with Crippen LogP contribution in [0.3, 0.4) is 0 Å². The topological polar surface area (TPSA) is 68.4 Å². The summed E-state index contributed by atoms with van der Waals surface area (Å²) in [5, 5.41) is 10.7. The van der Waals surface area contributed by atoms with Crippen molar-refractivity contribution < 1.29 is 13.7 Å². The molecule has 0 aromatic carbocycles. The average Bonchev–Trinajstić information content (AvgIpc) is 2.26. The molecule has 0 atom stereocenters. The Bertz CT molecular complexity index is 563. The Morgan fingerprint density at radius 1 is 1.42 bits per heavy atom. The molecule has 0 saturated carbocycles. The molecule has 2 heterocycles. The first-order valence-electron chi connectivity index (χ1n) is 5.74. The molecule has 2 rings (SSSR count). The maximum Gasteiger partial charge on any atom is 0.334 e. The monoisotopic (exact) mass is 273 g/mol. The van der Waals surface area contributed by atoms with E-state index in [1.807, 2.05) is 0 Å². The van der Waals surface area contributed by atoms with Gasteiger partial charge in [-0.2, -0.15) is 0 Å². The molecule has 0 aliphatic carbocycles. The third-order valence-electron chi connectivity index (χ3n) is 2.97. The number of rotatable bonds is 4. The van der Waals surface area contributed by atoms with E-state index in [4.69, 9.17) is 0 Å². The van der Waals surface area contributed by atoms with Gasteiger partial charge in [-0.1, -0.05) is 0 Å². The summed E-state index contributed by atoms with van der Waals surface area (Å²) in [7, 11) is 0. The van der Waals surface area contributed by atoms with Gasteiger partial charge in [0.2, 0.25) is 0 Å². The molecule has 1 aliphatic rings. The Kier molecular flexibility index (Phi) is 3.36. The van der Waals surface area contributed by atoms with Gasteiger partial charge >= 0.3 is 11.2 Å². The van der Waals surface area contributed by atoms with Crippen LogP contribution in [0.5, 0.6) is 0 Å². The Hall–Kier alpha value is -1.83. The third-order valence-corrected chi connectivity index (χ3v) is 2.97. The lowest BCUT2D eigenvalue weighted by Crippen LogP contribution is -2.56. The summed E-state index contributed by atoms with van der Waals surface area (Å²) >= 11 is 0. The molecule has 1 saturated heterocycles. The van der Waals surface area contributed by atoms with Crippen LogP contribution in [0.15, 0.2) is 17.1 Å². The molecular weight excluding hydrogens is 260 g/mol. The van der Waals surface area contributed by atoms with Crippen molar-refractivity contribution in [1.82, 2.24) is 9.47 Å². The second kappa shape index (κ2) is 4.69. The molecule has 0 radical (unpaired) electrons. The fraction of sp³-hybridized carbons (Fsp3) is 0.545. The number of halogens is 2. The quantitative estimate of drug-likeness (QED) is 0.606. The molecule has 1 fully saturated rings. The van der Waals surface area contributed by atoms with Crippen LogP contribution < -0.4 is 5.56 Å². The number of hydrogen-bond acceptors (Lipinski definition) is 4. The molecule has 0 bridgehead atoms. The maximum atomic E-state index is 12.6. The molecule has 8 heteroatoms. The van der Waals surface area contributed by atoms with Crippen molar-refractivity contribution in [2.45, 2.75) is 19.4 Å². The van der Waals surface area contributed by atoms with E-state index >= 15 is 0 Å². The van der Waals surface area contributed by atoms with Gasteiger partial charge in [0, 0.05) is 25.4 Å². The first-order valence-corrected chi connectivity index (χ1v) is 5.74. The van der Waals surface area contributed by atoms with Crippen LogP contribution in [0, 0.1) is 17.0 Å². The summed E-state index contributed by atoms with van der Waals surface area (Å²) in [4.78, 5) is 23.2. The number of nitrogens with zero attached hydrogens (tertiary/aromatic N) is 3.